The van der Waals surface area contributed by atoms with Crippen molar-refractivity contribution in [2.45, 2.75) is 95.3 Å². The fraction of sp³-hybridized carbons (Fsp3) is 0.622. The highest BCUT2D eigenvalue weighted by atomic mass is 35.5. The van der Waals surface area contributed by atoms with Crippen molar-refractivity contribution in [3.8, 4) is 0 Å². The van der Waals surface area contributed by atoms with Crippen molar-refractivity contribution in [1.82, 2.24) is 25.3 Å². The molecule has 7 nitrogen and oxygen atoms in total. The van der Waals surface area contributed by atoms with Gasteiger partial charge in [0.05, 0.1) is 6.04 Å². The van der Waals surface area contributed by atoms with E-state index in [0.717, 1.165) is 31.1 Å². The third-order valence-corrected chi connectivity index (χ3v) is 11.0. The van der Waals surface area contributed by atoms with Crippen molar-refractivity contribution in [2.75, 3.05) is 45.8 Å². The monoisotopic (exact) mass is 633 g/mol. The summed E-state index contributed by atoms with van der Waals surface area (Å²) in [6.45, 7) is 7.51. The highest BCUT2D eigenvalue weighted by Gasteiger charge is 2.34. The Kier molecular flexibility index (Phi) is 11.5. The van der Waals surface area contributed by atoms with Crippen LogP contribution in [0.15, 0.2) is 48.5 Å². The number of hydrogen-bond donors (Lipinski definition) is 2. The Bertz CT molecular complexity index is 1230. The summed E-state index contributed by atoms with van der Waals surface area (Å²) in [6.07, 6.45) is 13.3. The molecule has 6 rings (SSSR count). The minimum Gasteiger partial charge on any atom is -0.343 e. The normalized spacial score (nSPS) is 23.2. The first-order chi connectivity index (χ1) is 22.0. The maximum Gasteiger partial charge on any atom is 0.245 e. The van der Waals surface area contributed by atoms with Crippen molar-refractivity contribution >= 4 is 23.4 Å². The summed E-state index contributed by atoms with van der Waals surface area (Å²) in [5.41, 5.74) is 3.42. The lowest BCUT2D eigenvalue weighted by molar-refractivity contribution is -0.138. The van der Waals surface area contributed by atoms with E-state index >= 15 is 0 Å². The minimum atomic E-state index is -0.615. The van der Waals surface area contributed by atoms with Crippen LogP contribution in [0.5, 0.6) is 0 Å². The molecule has 45 heavy (non-hydrogen) atoms. The first kappa shape index (κ1) is 32.5. The van der Waals surface area contributed by atoms with Gasteiger partial charge >= 0.3 is 0 Å². The fourth-order valence-corrected chi connectivity index (χ4v) is 8.21. The van der Waals surface area contributed by atoms with E-state index in [1.165, 1.54) is 82.0 Å². The van der Waals surface area contributed by atoms with Crippen molar-refractivity contribution in [3.63, 3.8) is 0 Å². The predicted molar refractivity (Wildman–Crippen MR) is 181 cm³/mol. The van der Waals surface area contributed by atoms with E-state index in [2.05, 4.69) is 32.6 Å². The van der Waals surface area contributed by atoms with Crippen molar-refractivity contribution in [3.05, 3.63) is 70.2 Å². The van der Waals surface area contributed by atoms with Crippen LogP contribution in [-0.2, 0) is 29.0 Å². The maximum absolute atomic E-state index is 14.1. The van der Waals surface area contributed by atoms with E-state index in [0.29, 0.717) is 43.5 Å². The Balaban J connectivity index is 1.10. The SMILES string of the molecule is O=C(N[C@H](Cc1ccc(Cl)cc1)C(=O)N1CCN(C(CC2CCCCC2)CN2CCCCC2)CC1)[C@H]1Cc2ccccc2CN1. The van der Waals surface area contributed by atoms with Gasteiger partial charge in [0.25, 0.3) is 0 Å². The summed E-state index contributed by atoms with van der Waals surface area (Å²) in [4.78, 5) is 35.1. The molecule has 3 aliphatic heterocycles. The molecule has 0 spiro atoms. The van der Waals surface area contributed by atoms with Gasteiger partial charge in [-0.2, -0.15) is 0 Å². The lowest BCUT2D eigenvalue weighted by Gasteiger charge is -2.43. The number of carbonyl (C=O) groups excluding carboxylic acids is 2. The molecule has 2 amide bonds. The van der Waals surface area contributed by atoms with E-state index in [-0.39, 0.29) is 17.9 Å². The second-order valence-electron chi connectivity index (χ2n) is 13.9. The quantitative estimate of drug-likeness (QED) is 0.383. The van der Waals surface area contributed by atoms with Gasteiger partial charge in [-0.1, -0.05) is 86.5 Å². The Hall–Kier alpha value is -2.45. The minimum absolute atomic E-state index is 0.0222. The Morgan fingerprint density at radius 2 is 1.53 bits per heavy atom. The van der Waals surface area contributed by atoms with Crippen LogP contribution in [0.4, 0.5) is 0 Å². The smallest absolute Gasteiger partial charge is 0.245 e. The molecule has 3 atom stereocenters. The van der Waals surface area contributed by atoms with Crippen LogP contribution in [-0.4, -0.2) is 90.5 Å². The van der Waals surface area contributed by atoms with Gasteiger partial charge in [-0.05, 0) is 73.5 Å². The Morgan fingerprint density at radius 3 is 2.27 bits per heavy atom. The van der Waals surface area contributed by atoms with Crippen LogP contribution < -0.4 is 10.6 Å². The highest BCUT2D eigenvalue weighted by molar-refractivity contribution is 6.30. The molecule has 2 saturated heterocycles. The first-order valence-electron chi connectivity index (χ1n) is 17.6. The molecule has 1 aliphatic carbocycles. The van der Waals surface area contributed by atoms with Gasteiger partial charge < -0.3 is 20.4 Å². The Labute approximate surface area is 275 Å². The fourth-order valence-electron chi connectivity index (χ4n) is 8.08. The number of benzene rings is 2. The number of rotatable bonds is 10. The summed E-state index contributed by atoms with van der Waals surface area (Å²) >= 11 is 6.16. The number of likely N-dealkylation sites (tertiary alicyclic amines) is 1. The molecule has 0 aromatic heterocycles. The number of hydrogen-bond acceptors (Lipinski definition) is 5. The predicted octanol–water partition coefficient (Wildman–Crippen LogP) is 5.05. The number of piperazine rings is 1. The molecule has 2 aromatic carbocycles. The maximum atomic E-state index is 14.1. The third-order valence-electron chi connectivity index (χ3n) is 10.8. The molecule has 8 heteroatoms. The van der Waals surface area contributed by atoms with Gasteiger partial charge in [0.2, 0.25) is 11.8 Å². The largest absolute Gasteiger partial charge is 0.343 e. The lowest BCUT2D eigenvalue weighted by atomic mass is 9.84. The highest BCUT2D eigenvalue weighted by Crippen LogP contribution is 2.30. The van der Waals surface area contributed by atoms with Gasteiger partial charge in [0.1, 0.15) is 6.04 Å². The van der Waals surface area contributed by atoms with Gasteiger partial charge in [0.15, 0.2) is 0 Å². The molecule has 3 fully saturated rings. The first-order valence-corrected chi connectivity index (χ1v) is 18.0. The summed E-state index contributed by atoms with van der Waals surface area (Å²) in [6, 6.07) is 15.5. The average molecular weight is 634 g/mol. The number of fused-ring (bicyclic) bond motifs is 1. The standard InChI is InChI=1S/C37H52ClN5O2/c38-32-15-13-29(14-16-32)24-35(40-36(44)34-25-30-11-5-6-12-31(30)26-39-34)37(45)43-21-19-42(20-22-43)33(23-28-9-3-1-4-10-28)27-41-17-7-2-8-18-41/h5-6,11-16,28,33-35,39H,1-4,7-10,17-27H2,(H,40,44)/t33?,34-,35-/m1/s1. The molecule has 4 aliphatic rings. The van der Waals surface area contributed by atoms with Crippen molar-refractivity contribution < 1.29 is 9.59 Å². The summed E-state index contributed by atoms with van der Waals surface area (Å²) in [7, 11) is 0. The number of carbonyl (C=O) groups is 2. The van der Waals surface area contributed by atoms with Crippen LogP contribution in [0.2, 0.25) is 5.02 Å². The topological polar surface area (TPSA) is 67.9 Å². The second-order valence-corrected chi connectivity index (χ2v) is 14.4. The van der Waals surface area contributed by atoms with Gasteiger partial charge in [-0.15, -0.1) is 0 Å². The molecule has 2 N–H and O–H groups in total. The molecule has 1 saturated carbocycles. The third kappa shape index (κ3) is 8.88. The number of piperidine rings is 1. The molecule has 0 bridgehead atoms. The summed E-state index contributed by atoms with van der Waals surface area (Å²) in [5, 5.41) is 7.23. The van der Waals surface area contributed by atoms with E-state index < -0.39 is 6.04 Å². The lowest BCUT2D eigenvalue weighted by Crippen LogP contribution is -2.60. The van der Waals surface area contributed by atoms with Crippen molar-refractivity contribution in [2.24, 2.45) is 5.92 Å². The molecule has 3 heterocycles. The second kappa shape index (κ2) is 15.9. The zero-order valence-corrected chi connectivity index (χ0v) is 27.7. The molecule has 2 aromatic rings. The average Bonchev–Trinajstić information content (AvgIpc) is 3.09. The van der Waals surface area contributed by atoms with Crippen LogP contribution in [0.25, 0.3) is 0 Å². The number of nitrogens with one attached hydrogen (secondary N) is 2. The number of nitrogens with zero attached hydrogens (tertiary/aromatic N) is 3. The van der Waals surface area contributed by atoms with Crippen LogP contribution >= 0.6 is 11.6 Å². The number of amides is 2. The molecular formula is C37H52ClN5O2. The zero-order valence-electron chi connectivity index (χ0n) is 26.9. The van der Waals surface area contributed by atoms with Gasteiger partial charge in [-0.25, -0.2) is 0 Å². The summed E-state index contributed by atoms with van der Waals surface area (Å²) in [5.74, 6) is 0.756. The van der Waals surface area contributed by atoms with Crippen LogP contribution in [0.1, 0.15) is 74.5 Å². The summed E-state index contributed by atoms with van der Waals surface area (Å²) < 4.78 is 0. The van der Waals surface area contributed by atoms with E-state index in [4.69, 9.17) is 11.6 Å². The van der Waals surface area contributed by atoms with Crippen LogP contribution in [0.3, 0.4) is 0 Å². The van der Waals surface area contributed by atoms with Crippen molar-refractivity contribution in [1.29, 1.82) is 0 Å². The van der Waals surface area contributed by atoms with Crippen LogP contribution in [0, 0.1) is 5.92 Å². The van der Waals surface area contributed by atoms with Gasteiger partial charge in [-0.3, -0.25) is 14.5 Å². The van der Waals surface area contributed by atoms with E-state index in [1.807, 2.05) is 41.3 Å². The molecule has 244 valence electrons. The zero-order chi connectivity index (χ0) is 31.0. The molecule has 0 radical (unpaired) electrons. The molecule has 1 unspecified atom stereocenters. The molecular weight excluding hydrogens is 582 g/mol. The number of halogens is 1. The van der Waals surface area contributed by atoms with E-state index in [9.17, 15) is 9.59 Å². The van der Waals surface area contributed by atoms with Gasteiger partial charge in [0, 0.05) is 56.8 Å². The van der Waals surface area contributed by atoms with E-state index in [1.54, 1.807) is 0 Å². The Morgan fingerprint density at radius 1 is 0.844 bits per heavy atom.